The molecule has 3 aromatic rings. The molecule has 0 spiro atoms. The summed E-state index contributed by atoms with van der Waals surface area (Å²) in [5, 5.41) is 8.79. The van der Waals surface area contributed by atoms with E-state index in [2.05, 4.69) is 9.97 Å². The van der Waals surface area contributed by atoms with Crippen molar-refractivity contribution in [3.63, 3.8) is 0 Å². The molecule has 112 valence electrons. The molecule has 3 rings (SSSR count). The van der Waals surface area contributed by atoms with Crippen LogP contribution in [0, 0.1) is 0 Å². The van der Waals surface area contributed by atoms with E-state index in [0.717, 1.165) is 33.9 Å². The van der Waals surface area contributed by atoms with Crippen molar-refractivity contribution in [2.75, 3.05) is 0 Å². The summed E-state index contributed by atoms with van der Waals surface area (Å²) in [6.45, 7) is 0. The molecule has 0 atom stereocenters. The summed E-state index contributed by atoms with van der Waals surface area (Å²) < 4.78 is 0. The second kappa shape index (κ2) is 6.66. The van der Waals surface area contributed by atoms with E-state index in [-0.39, 0.29) is 0 Å². The zero-order valence-electron chi connectivity index (χ0n) is 12.3. The summed E-state index contributed by atoms with van der Waals surface area (Å²) >= 11 is 0. The third-order valence-electron chi connectivity index (χ3n) is 3.44. The van der Waals surface area contributed by atoms with Crippen LogP contribution < -0.4 is 0 Å². The van der Waals surface area contributed by atoms with E-state index >= 15 is 0 Å². The number of aromatic nitrogens is 2. The number of rotatable bonds is 4. The van der Waals surface area contributed by atoms with Gasteiger partial charge in [0.05, 0.1) is 0 Å². The lowest BCUT2D eigenvalue weighted by Gasteiger charge is -2.11. The average Bonchev–Trinajstić information content (AvgIpc) is 2.61. The summed E-state index contributed by atoms with van der Waals surface area (Å²) in [4.78, 5) is 18.8. The predicted octanol–water partition coefficient (Wildman–Crippen LogP) is 3.91. The predicted molar refractivity (Wildman–Crippen MR) is 89.6 cm³/mol. The molecule has 0 bridgehead atoms. The number of carboxylic acid groups (broad SMARTS) is 1. The molecule has 0 fully saturated rings. The third kappa shape index (κ3) is 3.49. The minimum atomic E-state index is -0.964. The molecular weight excluding hydrogens is 288 g/mol. The Morgan fingerprint density at radius 1 is 0.826 bits per heavy atom. The van der Waals surface area contributed by atoms with Gasteiger partial charge in [-0.15, -0.1) is 0 Å². The van der Waals surface area contributed by atoms with Gasteiger partial charge in [-0.2, -0.15) is 0 Å². The molecule has 1 aromatic carbocycles. The number of carbonyl (C=O) groups is 1. The largest absolute Gasteiger partial charge is 0.478 e. The molecule has 0 amide bonds. The Kier molecular flexibility index (Phi) is 4.25. The van der Waals surface area contributed by atoms with Crippen molar-refractivity contribution in [1.29, 1.82) is 0 Å². The lowest BCUT2D eigenvalue weighted by atomic mass is 9.93. The van der Waals surface area contributed by atoms with Gasteiger partial charge in [-0.1, -0.05) is 12.1 Å². The molecule has 0 aliphatic heterocycles. The lowest BCUT2D eigenvalue weighted by Crippen LogP contribution is -1.89. The van der Waals surface area contributed by atoms with E-state index in [0.29, 0.717) is 0 Å². The van der Waals surface area contributed by atoms with Gasteiger partial charge in [-0.3, -0.25) is 9.97 Å². The molecule has 4 nitrogen and oxygen atoms in total. The van der Waals surface area contributed by atoms with E-state index in [1.807, 2.05) is 42.5 Å². The molecule has 4 heteroatoms. The van der Waals surface area contributed by atoms with Crippen molar-refractivity contribution in [2.24, 2.45) is 0 Å². The molecule has 0 unspecified atom stereocenters. The third-order valence-corrected chi connectivity index (χ3v) is 3.44. The first-order valence-electron chi connectivity index (χ1n) is 7.10. The maximum Gasteiger partial charge on any atom is 0.328 e. The molecule has 2 heterocycles. The van der Waals surface area contributed by atoms with Crippen LogP contribution in [-0.4, -0.2) is 21.0 Å². The number of hydrogen-bond donors (Lipinski definition) is 1. The number of nitrogens with zero attached hydrogens (tertiary/aromatic N) is 2. The molecule has 0 saturated heterocycles. The van der Waals surface area contributed by atoms with Gasteiger partial charge in [-0.25, -0.2) is 4.79 Å². The van der Waals surface area contributed by atoms with E-state index in [9.17, 15) is 4.79 Å². The quantitative estimate of drug-likeness (QED) is 0.742. The molecular formula is C19H14N2O2. The van der Waals surface area contributed by atoms with Crippen molar-refractivity contribution in [1.82, 2.24) is 9.97 Å². The Balaban J connectivity index is 2.15. The van der Waals surface area contributed by atoms with Crippen LogP contribution in [0.5, 0.6) is 0 Å². The fourth-order valence-electron chi connectivity index (χ4n) is 2.39. The van der Waals surface area contributed by atoms with Gasteiger partial charge < -0.3 is 5.11 Å². The fraction of sp³-hybridized carbons (Fsp3) is 0. The second-order valence-electron chi connectivity index (χ2n) is 4.95. The molecule has 0 aliphatic carbocycles. The van der Waals surface area contributed by atoms with Crippen LogP contribution >= 0.6 is 0 Å². The van der Waals surface area contributed by atoms with Crippen molar-refractivity contribution >= 4 is 12.0 Å². The van der Waals surface area contributed by atoms with Gasteiger partial charge in [0.15, 0.2) is 0 Å². The highest BCUT2D eigenvalue weighted by molar-refractivity contribution is 5.88. The summed E-state index contributed by atoms with van der Waals surface area (Å²) in [7, 11) is 0. The normalized spacial score (nSPS) is 10.8. The molecule has 0 aliphatic rings. The Morgan fingerprint density at radius 2 is 1.39 bits per heavy atom. The van der Waals surface area contributed by atoms with E-state index in [1.165, 1.54) is 0 Å². The first-order valence-corrected chi connectivity index (χ1v) is 7.10. The van der Waals surface area contributed by atoms with E-state index in [1.54, 1.807) is 30.9 Å². The molecule has 1 N–H and O–H groups in total. The summed E-state index contributed by atoms with van der Waals surface area (Å²) in [6.07, 6.45) is 9.71. The minimum absolute atomic E-state index is 0.831. The van der Waals surface area contributed by atoms with Gasteiger partial charge in [0.25, 0.3) is 0 Å². The average molecular weight is 302 g/mol. The van der Waals surface area contributed by atoms with Gasteiger partial charge in [-0.05, 0) is 64.2 Å². The number of pyridine rings is 2. The SMILES string of the molecule is O=C(O)C=Cc1ccc(-c2ccncc2)c(-c2ccncc2)c1. The second-order valence-corrected chi connectivity index (χ2v) is 4.95. The summed E-state index contributed by atoms with van der Waals surface area (Å²) in [6, 6.07) is 13.6. The van der Waals surface area contributed by atoms with Gasteiger partial charge in [0.1, 0.15) is 0 Å². The zero-order valence-corrected chi connectivity index (χ0v) is 12.3. The van der Waals surface area contributed by atoms with E-state index < -0.39 is 5.97 Å². The number of hydrogen-bond acceptors (Lipinski definition) is 3. The Labute approximate surface area is 133 Å². The maximum absolute atomic E-state index is 10.7. The van der Waals surface area contributed by atoms with Crippen molar-refractivity contribution in [2.45, 2.75) is 0 Å². The maximum atomic E-state index is 10.7. The van der Waals surface area contributed by atoms with Crippen LogP contribution in [0.1, 0.15) is 5.56 Å². The molecule has 0 radical (unpaired) electrons. The number of aliphatic carboxylic acids is 1. The van der Waals surface area contributed by atoms with Crippen molar-refractivity contribution in [3.05, 3.63) is 78.9 Å². The Morgan fingerprint density at radius 3 is 1.96 bits per heavy atom. The van der Waals surface area contributed by atoms with E-state index in [4.69, 9.17) is 5.11 Å². The van der Waals surface area contributed by atoms with Crippen molar-refractivity contribution in [3.8, 4) is 22.3 Å². The highest BCUT2D eigenvalue weighted by Crippen LogP contribution is 2.32. The van der Waals surface area contributed by atoms with Gasteiger partial charge >= 0.3 is 5.97 Å². The Bertz CT molecular complexity index is 844. The smallest absolute Gasteiger partial charge is 0.328 e. The highest BCUT2D eigenvalue weighted by Gasteiger charge is 2.08. The minimum Gasteiger partial charge on any atom is -0.478 e. The summed E-state index contributed by atoms with van der Waals surface area (Å²) in [5.74, 6) is -0.964. The van der Waals surface area contributed by atoms with Gasteiger partial charge in [0, 0.05) is 30.9 Å². The fourth-order valence-corrected chi connectivity index (χ4v) is 2.39. The van der Waals surface area contributed by atoms with Crippen LogP contribution in [0.2, 0.25) is 0 Å². The Hall–Kier alpha value is -3.27. The number of carboxylic acids is 1. The van der Waals surface area contributed by atoms with Crippen LogP contribution in [0.25, 0.3) is 28.3 Å². The van der Waals surface area contributed by atoms with Crippen LogP contribution in [-0.2, 0) is 4.79 Å². The molecule has 23 heavy (non-hydrogen) atoms. The standard InChI is InChI=1S/C19H14N2O2/c22-19(23)4-2-14-1-3-17(15-5-9-20-10-6-15)18(13-14)16-7-11-21-12-8-16/h1-13H,(H,22,23). The van der Waals surface area contributed by atoms with Crippen LogP contribution in [0.4, 0.5) is 0 Å². The monoisotopic (exact) mass is 302 g/mol. The number of benzene rings is 1. The first-order chi connectivity index (χ1) is 11.2. The topological polar surface area (TPSA) is 63.1 Å². The molecule has 0 saturated carbocycles. The zero-order chi connectivity index (χ0) is 16.1. The lowest BCUT2D eigenvalue weighted by molar-refractivity contribution is -0.131. The van der Waals surface area contributed by atoms with Crippen LogP contribution in [0.15, 0.2) is 73.3 Å². The molecule has 2 aromatic heterocycles. The highest BCUT2D eigenvalue weighted by atomic mass is 16.4. The van der Waals surface area contributed by atoms with Crippen LogP contribution in [0.3, 0.4) is 0 Å². The van der Waals surface area contributed by atoms with Gasteiger partial charge in [0.2, 0.25) is 0 Å². The van der Waals surface area contributed by atoms with Crippen molar-refractivity contribution < 1.29 is 9.90 Å². The summed E-state index contributed by atoms with van der Waals surface area (Å²) in [5.41, 5.74) is 4.99. The first kappa shape index (κ1) is 14.7.